The molecule has 0 fully saturated rings. The van der Waals surface area contributed by atoms with Crippen LogP contribution in [0.2, 0.25) is 0 Å². The molecule has 0 aliphatic carbocycles. The maximum Gasteiger partial charge on any atom is 0.472 e. The zero-order valence-electron chi connectivity index (χ0n) is 52.2. The summed E-state index contributed by atoms with van der Waals surface area (Å²) >= 11 is 0. The highest BCUT2D eigenvalue weighted by molar-refractivity contribution is 7.47. The molecule has 78 heavy (non-hydrogen) atoms. The van der Waals surface area contributed by atoms with Crippen LogP contribution in [0.3, 0.4) is 0 Å². The lowest BCUT2D eigenvalue weighted by Crippen LogP contribution is -2.47. The second-order valence-corrected chi connectivity index (χ2v) is 25.1. The number of hydrogen-bond donors (Lipinski definition) is 2. The van der Waals surface area contributed by atoms with Gasteiger partial charge in [0.2, 0.25) is 5.91 Å². The normalized spacial score (nSPS) is 14.0. The molecule has 0 spiro atoms. The number of likely N-dealkylation sites (N-methyl/N-ethyl adjacent to an activating group) is 1. The van der Waals surface area contributed by atoms with Crippen molar-refractivity contribution in [1.82, 2.24) is 5.32 Å². The number of amides is 1. The number of hydrogen-bond acceptors (Lipinski definition) is 6. The minimum Gasteiger partial charge on any atom is -0.456 e. The number of unbranched alkanes of at least 4 members (excludes halogenated alkanes) is 36. The van der Waals surface area contributed by atoms with Gasteiger partial charge in [0.1, 0.15) is 19.3 Å². The van der Waals surface area contributed by atoms with Gasteiger partial charge in [-0.2, -0.15) is 0 Å². The lowest BCUT2D eigenvalue weighted by molar-refractivity contribution is -0.870. The van der Waals surface area contributed by atoms with Crippen molar-refractivity contribution in [2.75, 3.05) is 40.9 Å². The molecule has 0 aromatic heterocycles. The Kier molecular flexibility index (Phi) is 56.2. The molecule has 0 aliphatic rings. The Morgan fingerprint density at radius 3 is 1.21 bits per heavy atom. The molecular weight excluding hydrogens is 988 g/mol. The molecule has 10 heteroatoms. The smallest absolute Gasteiger partial charge is 0.456 e. The van der Waals surface area contributed by atoms with Crippen LogP contribution in [0.25, 0.3) is 0 Å². The number of nitrogens with one attached hydrogen (secondary N) is 1. The molecule has 9 nitrogen and oxygen atoms in total. The lowest BCUT2D eigenvalue weighted by Gasteiger charge is -2.27. The quantitative estimate of drug-likeness (QED) is 0.0205. The third kappa shape index (κ3) is 58.4. The Hall–Kier alpha value is -2.29. The maximum atomic E-state index is 13.6. The first-order valence-electron chi connectivity index (χ1n) is 33.1. The largest absolute Gasteiger partial charge is 0.472 e. The Balaban J connectivity index is 5.16. The van der Waals surface area contributed by atoms with Gasteiger partial charge in [0.05, 0.1) is 33.8 Å². The van der Waals surface area contributed by atoms with Gasteiger partial charge in [0, 0.05) is 12.8 Å². The van der Waals surface area contributed by atoms with Gasteiger partial charge in [0.25, 0.3) is 0 Å². The van der Waals surface area contributed by atoms with E-state index < -0.39 is 20.0 Å². The highest BCUT2D eigenvalue weighted by Crippen LogP contribution is 2.43. The summed E-state index contributed by atoms with van der Waals surface area (Å²) in [6.07, 6.45) is 73.6. The van der Waals surface area contributed by atoms with Gasteiger partial charge in [-0.25, -0.2) is 4.57 Å². The average molecular weight is 1120 g/mol. The van der Waals surface area contributed by atoms with Crippen molar-refractivity contribution in [3.63, 3.8) is 0 Å². The zero-order chi connectivity index (χ0) is 57.2. The third-order valence-corrected chi connectivity index (χ3v) is 15.7. The second kappa shape index (κ2) is 57.9. The van der Waals surface area contributed by atoms with Gasteiger partial charge in [-0.15, -0.1) is 0 Å². The number of quaternary nitrogens is 1. The van der Waals surface area contributed by atoms with Crippen molar-refractivity contribution >= 4 is 19.7 Å². The molecular formula is C68H128N2O7P+. The fraction of sp³-hybridized carbons (Fsp3) is 0.824. The van der Waals surface area contributed by atoms with E-state index >= 15 is 0 Å². The topological polar surface area (TPSA) is 111 Å². The highest BCUT2D eigenvalue weighted by Gasteiger charge is 2.30. The van der Waals surface area contributed by atoms with Crippen LogP contribution < -0.4 is 5.32 Å². The van der Waals surface area contributed by atoms with Crippen LogP contribution in [-0.4, -0.2) is 74.3 Å². The van der Waals surface area contributed by atoms with Gasteiger partial charge >= 0.3 is 13.8 Å². The Morgan fingerprint density at radius 1 is 0.449 bits per heavy atom. The molecule has 456 valence electrons. The molecule has 0 saturated heterocycles. The predicted molar refractivity (Wildman–Crippen MR) is 337 cm³/mol. The van der Waals surface area contributed by atoms with Gasteiger partial charge in [-0.1, -0.05) is 262 Å². The summed E-state index contributed by atoms with van der Waals surface area (Å²) in [7, 11) is 1.49. The maximum absolute atomic E-state index is 13.6. The summed E-state index contributed by atoms with van der Waals surface area (Å²) in [5, 5.41) is 3.06. The molecule has 1 amide bonds. The number of esters is 1. The number of carbonyl (C=O) groups is 2. The SMILES string of the molecule is CCCCC/C=C\C/C=C\C/C=C\CCCCCCCCCCCCC(=O)OC(/C=C\CCCCCCCCCCCC)C(COP(=O)(O)OCC[N+](C)(C)C)NC(=O)CCCCCCCCC/C=C/CCCCCCCC. The molecule has 2 N–H and O–H groups in total. The van der Waals surface area contributed by atoms with E-state index in [1.807, 2.05) is 33.3 Å². The third-order valence-electron chi connectivity index (χ3n) is 14.7. The minimum atomic E-state index is -4.45. The van der Waals surface area contributed by atoms with E-state index in [1.54, 1.807) is 0 Å². The fourth-order valence-corrected chi connectivity index (χ4v) is 10.3. The van der Waals surface area contributed by atoms with Crippen LogP contribution in [0.1, 0.15) is 310 Å². The molecule has 3 unspecified atom stereocenters. The molecule has 0 aliphatic heterocycles. The number of ether oxygens (including phenoxy) is 1. The average Bonchev–Trinajstić information content (AvgIpc) is 3.40. The van der Waals surface area contributed by atoms with Crippen molar-refractivity contribution in [3.05, 3.63) is 60.8 Å². The number of allylic oxidation sites excluding steroid dienone is 9. The van der Waals surface area contributed by atoms with E-state index in [9.17, 15) is 19.0 Å². The molecule has 0 rings (SSSR count). The molecule has 3 atom stereocenters. The fourth-order valence-electron chi connectivity index (χ4n) is 9.53. The highest BCUT2D eigenvalue weighted by atomic mass is 31.2. The van der Waals surface area contributed by atoms with Crippen LogP contribution in [0, 0.1) is 0 Å². The van der Waals surface area contributed by atoms with E-state index in [-0.39, 0.29) is 31.5 Å². The Labute approximate surface area is 483 Å². The van der Waals surface area contributed by atoms with Gasteiger partial charge in [0.15, 0.2) is 0 Å². The molecule has 0 heterocycles. The number of carbonyl (C=O) groups excluding carboxylic acids is 2. The van der Waals surface area contributed by atoms with Crippen molar-refractivity contribution in [1.29, 1.82) is 0 Å². The van der Waals surface area contributed by atoms with E-state index in [2.05, 4.69) is 74.7 Å². The van der Waals surface area contributed by atoms with Crippen LogP contribution in [-0.2, 0) is 27.9 Å². The summed E-state index contributed by atoms with van der Waals surface area (Å²) < 4.78 is 30.8. The van der Waals surface area contributed by atoms with E-state index in [4.69, 9.17) is 13.8 Å². The summed E-state index contributed by atoms with van der Waals surface area (Å²) in [5.41, 5.74) is 0. The molecule has 0 bridgehead atoms. The van der Waals surface area contributed by atoms with E-state index in [1.165, 1.54) is 193 Å². The number of rotatable bonds is 60. The first-order chi connectivity index (χ1) is 37.9. The predicted octanol–water partition coefficient (Wildman–Crippen LogP) is 20.6. The Morgan fingerprint density at radius 2 is 0.782 bits per heavy atom. The van der Waals surface area contributed by atoms with Crippen molar-refractivity contribution in [2.24, 2.45) is 0 Å². The molecule has 0 radical (unpaired) electrons. The van der Waals surface area contributed by atoms with Gasteiger partial charge in [-0.3, -0.25) is 18.6 Å². The summed E-state index contributed by atoms with van der Waals surface area (Å²) in [4.78, 5) is 37.8. The number of phosphoric acid groups is 1. The van der Waals surface area contributed by atoms with Crippen molar-refractivity contribution < 1.29 is 37.3 Å². The van der Waals surface area contributed by atoms with Crippen molar-refractivity contribution in [2.45, 2.75) is 322 Å². The summed E-state index contributed by atoms with van der Waals surface area (Å²) in [6, 6.07) is -0.853. The van der Waals surface area contributed by atoms with Crippen LogP contribution in [0.5, 0.6) is 0 Å². The van der Waals surface area contributed by atoms with Crippen LogP contribution in [0.4, 0.5) is 0 Å². The molecule has 0 aromatic carbocycles. The standard InChI is InChI=1S/C68H127N2O7P/c1-7-10-13-16-19-22-25-28-30-32-33-34-35-36-37-39-41-43-46-49-52-55-58-61-68(72)77-66(59-56-53-50-47-44-27-24-21-18-15-12-9-3)65(64-76-78(73,74)75-63-62-70(4,5)6)69-67(71)60-57-54-51-48-45-42-40-38-31-29-26-23-20-17-14-11-8-2/h19,22,28-31,33-34,56,59,65-66H,7-18,20-21,23-27,32,35-55,57-58,60-64H2,1-6H3,(H-,69,71,73,74)/p+1/b22-19-,30-28-,31-29+,34-33-,59-56-. The number of phosphoric ester groups is 1. The summed E-state index contributed by atoms with van der Waals surface area (Å²) in [6.45, 7) is 7.00. The second-order valence-electron chi connectivity index (χ2n) is 23.6. The van der Waals surface area contributed by atoms with Crippen LogP contribution >= 0.6 is 7.82 Å². The van der Waals surface area contributed by atoms with E-state index in [0.717, 1.165) is 83.5 Å². The molecule has 0 aromatic rings. The monoisotopic (exact) mass is 1120 g/mol. The molecule has 0 saturated carbocycles. The zero-order valence-corrected chi connectivity index (χ0v) is 53.1. The van der Waals surface area contributed by atoms with Crippen molar-refractivity contribution in [3.8, 4) is 0 Å². The first kappa shape index (κ1) is 75.7. The van der Waals surface area contributed by atoms with Gasteiger partial charge < -0.3 is 19.4 Å². The van der Waals surface area contributed by atoms with Gasteiger partial charge in [-0.05, 0) is 96.0 Å². The van der Waals surface area contributed by atoms with E-state index in [0.29, 0.717) is 17.4 Å². The minimum absolute atomic E-state index is 0.0383. The lowest BCUT2D eigenvalue weighted by atomic mass is 10.0. The number of nitrogens with zero attached hydrogens (tertiary/aromatic N) is 1. The van der Waals surface area contributed by atoms with Crippen LogP contribution in [0.15, 0.2) is 60.8 Å². The Bertz CT molecular complexity index is 1520. The summed E-state index contributed by atoms with van der Waals surface area (Å²) in [5.74, 6) is -0.506. The first-order valence-corrected chi connectivity index (χ1v) is 34.6.